The van der Waals surface area contributed by atoms with E-state index in [-0.39, 0.29) is 6.04 Å². The molecule has 94 valence electrons. The molecule has 0 aromatic carbocycles. The molecule has 0 saturated carbocycles. The van der Waals surface area contributed by atoms with Crippen LogP contribution in [0.25, 0.3) is 0 Å². The minimum absolute atomic E-state index is 0.0132. The van der Waals surface area contributed by atoms with Crippen LogP contribution in [0.15, 0.2) is 17.0 Å². The van der Waals surface area contributed by atoms with E-state index in [1.807, 2.05) is 6.92 Å². The van der Waals surface area contributed by atoms with Gasteiger partial charge in [-0.15, -0.1) is 11.3 Å². The molecule has 1 heterocycles. The maximum atomic E-state index is 6.36. The summed E-state index contributed by atoms with van der Waals surface area (Å²) in [6.07, 6.45) is 9.91. The summed E-state index contributed by atoms with van der Waals surface area (Å²) in [5.74, 6) is 0. The molecule has 0 saturated heterocycles. The second-order valence-electron chi connectivity index (χ2n) is 4.81. The number of halogens is 1. The van der Waals surface area contributed by atoms with Crippen LogP contribution in [-0.2, 0) is 0 Å². The van der Waals surface area contributed by atoms with Crippen molar-refractivity contribution in [1.29, 1.82) is 0 Å². The minimum atomic E-state index is 0.0132. The summed E-state index contributed by atoms with van der Waals surface area (Å²) >= 11 is 7.99. The van der Waals surface area contributed by atoms with Gasteiger partial charge in [0, 0.05) is 4.88 Å². The van der Waals surface area contributed by atoms with E-state index in [4.69, 9.17) is 17.3 Å². The predicted octanol–water partition coefficient (Wildman–Crippen LogP) is 4.99. The Hall–Kier alpha value is -0.310. The van der Waals surface area contributed by atoms with E-state index in [1.165, 1.54) is 37.7 Å². The summed E-state index contributed by atoms with van der Waals surface area (Å²) < 4.78 is 0. The quantitative estimate of drug-likeness (QED) is 0.752. The van der Waals surface area contributed by atoms with Crippen molar-refractivity contribution in [3.05, 3.63) is 32.5 Å². The van der Waals surface area contributed by atoms with E-state index in [1.54, 1.807) is 11.3 Å². The molecule has 2 rings (SSSR count). The average molecular weight is 270 g/mol. The predicted molar refractivity (Wildman–Crippen MR) is 76.8 cm³/mol. The smallest absolute Gasteiger partial charge is 0.0620 e. The largest absolute Gasteiger partial charge is 0.320 e. The van der Waals surface area contributed by atoms with Gasteiger partial charge in [0.05, 0.1) is 11.1 Å². The third-order valence-electron chi connectivity index (χ3n) is 3.43. The Morgan fingerprint density at radius 3 is 2.76 bits per heavy atom. The molecule has 2 N–H and O–H groups in total. The Balaban J connectivity index is 2.17. The Labute approximate surface area is 113 Å². The van der Waals surface area contributed by atoms with Crippen LogP contribution in [0.5, 0.6) is 0 Å². The third-order valence-corrected chi connectivity index (χ3v) is 5.23. The molecular weight excluding hydrogens is 250 g/mol. The summed E-state index contributed by atoms with van der Waals surface area (Å²) in [6.45, 7) is 2.04. The Bertz CT molecular complexity index is 408. The molecule has 1 aliphatic rings. The van der Waals surface area contributed by atoms with Crippen LogP contribution in [0.1, 0.15) is 55.0 Å². The van der Waals surface area contributed by atoms with Crippen molar-refractivity contribution >= 4 is 22.9 Å². The lowest BCUT2D eigenvalue weighted by Crippen LogP contribution is -2.13. The highest BCUT2D eigenvalue weighted by molar-refractivity contribution is 7.10. The fourth-order valence-corrected chi connectivity index (χ4v) is 3.68. The van der Waals surface area contributed by atoms with Crippen LogP contribution in [0, 0.1) is 6.92 Å². The number of rotatable bonds is 2. The van der Waals surface area contributed by atoms with Crippen LogP contribution in [0.3, 0.4) is 0 Å². The normalized spacial score (nSPS) is 19.4. The highest BCUT2D eigenvalue weighted by atomic mass is 35.5. The lowest BCUT2D eigenvalue weighted by atomic mass is 9.94. The molecule has 1 nitrogen and oxygen atoms in total. The van der Waals surface area contributed by atoms with Gasteiger partial charge in [-0.3, -0.25) is 0 Å². The molecule has 0 fully saturated rings. The molecule has 1 atom stereocenters. The standard InChI is InChI=1S/C14H20ClNS/c1-10-9-17-14(12(10)15)13(16)11-7-5-3-2-4-6-8-11/h7,9,13H,2-6,8,16H2,1H3. The second-order valence-corrected chi connectivity index (χ2v) is 6.10. The van der Waals surface area contributed by atoms with E-state index in [9.17, 15) is 0 Å². The van der Waals surface area contributed by atoms with Gasteiger partial charge in [0.1, 0.15) is 0 Å². The monoisotopic (exact) mass is 269 g/mol. The molecule has 0 radical (unpaired) electrons. The average Bonchev–Trinajstić information content (AvgIpc) is 2.58. The van der Waals surface area contributed by atoms with Crippen LogP contribution >= 0.6 is 22.9 Å². The zero-order chi connectivity index (χ0) is 12.3. The van der Waals surface area contributed by atoms with Crippen molar-refractivity contribution < 1.29 is 0 Å². The molecule has 0 aliphatic heterocycles. The first-order chi connectivity index (χ1) is 8.20. The number of aryl methyl sites for hydroxylation is 1. The summed E-state index contributed by atoms with van der Waals surface area (Å²) in [4.78, 5) is 1.14. The topological polar surface area (TPSA) is 26.0 Å². The molecule has 0 spiro atoms. The molecular formula is C14H20ClNS. The van der Waals surface area contributed by atoms with Crippen molar-refractivity contribution in [3.63, 3.8) is 0 Å². The maximum Gasteiger partial charge on any atom is 0.0620 e. The van der Waals surface area contributed by atoms with Crippen molar-refractivity contribution in [3.8, 4) is 0 Å². The summed E-state index contributed by atoms with van der Waals surface area (Å²) in [5.41, 5.74) is 8.89. The molecule has 1 aromatic rings. The summed E-state index contributed by atoms with van der Waals surface area (Å²) in [7, 11) is 0. The van der Waals surface area contributed by atoms with Crippen molar-refractivity contribution in [2.45, 2.75) is 51.5 Å². The van der Waals surface area contributed by atoms with E-state index >= 15 is 0 Å². The fraction of sp³-hybridized carbons (Fsp3) is 0.571. The first-order valence-corrected chi connectivity index (χ1v) is 7.64. The minimum Gasteiger partial charge on any atom is -0.320 e. The first-order valence-electron chi connectivity index (χ1n) is 6.38. The molecule has 17 heavy (non-hydrogen) atoms. The second kappa shape index (κ2) is 6.03. The van der Waals surface area contributed by atoms with Gasteiger partial charge < -0.3 is 5.73 Å². The van der Waals surface area contributed by atoms with E-state index in [2.05, 4.69) is 11.5 Å². The fourth-order valence-electron chi connectivity index (χ4n) is 2.33. The molecule has 1 unspecified atom stereocenters. The molecule has 0 bridgehead atoms. The van der Waals surface area contributed by atoms with Gasteiger partial charge in [0.2, 0.25) is 0 Å². The van der Waals surface area contributed by atoms with E-state index in [0.29, 0.717) is 0 Å². The van der Waals surface area contributed by atoms with Gasteiger partial charge >= 0.3 is 0 Å². The number of hydrogen-bond acceptors (Lipinski definition) is 2. The molecule has 0 amide bonds. The highest BCUT2D eigenvalue weighted by Crippen LogP contribution is 2.36. The van der Waals surface area contributed by atoms with E-state index < -0.39 is 0 Å². The SMILES string of the molecule is Cc1csc(C(N)C2=CCCCCCC2)c1Cl. The number of hydrogen-bond donors (Lipinski definition) is 1. The number of allylic oxidation sites excluding steroid dienone is 1. The molecule has 1 aliphatic carbocycles. The van der Waals surface area contributed by atoms with Crippen LogP contribution in [0.4, 0.5) is 0 Å². The van der Waals surface area contributed by atoms with Gasteiger partial charge in [-0.1, -0.05) is 36.1 Å². The van der Waals surface area contributed by atoms with Gasteiger partial charge in [0.15, 0.2) is 0 Å². The Morgan fingerprint density at radius 2 is 2.06 bits per heavy atom. The van der Waals surface area contributed by atoms with Crippen molar-refractivity contribution in [2.24, 2.45) is 5.73 Å². The van der Waals surface area contributed by atoms with Gasteiger partial charge in [0.25, 0.3) is 0 Å². The molecule has 3 heteroatoms. The van der Waals surface area contributed by atoms with E-state index in [0.717, 1.165) is 21.9 Å². The maximum absolute atomic E-state index is 6.36. The third kappa shape index (κ3) is 3.12. The highest BCUT2D eigenvalue weighted by Gasteiger charge is 2.18. The van der Waals surface area contributed by atoms with Crippen LogP contribution < -0.4 is 5.73 Å². The van der Waals surface area contributed by atoms with Crippen LogP contribution in [-0.4, -0.2) is 0 Å². The lowest BCUT2D eigenvalue weighted by Gasteiger charge is -2.17. The zero-order valence-electron chi connectivity index (χ0n) is 10.3. The number of thiophene rings is 1. The summed E-state index contributed by atoms with van der Waals surface area (Å²) in [6, 6.07) is 0.0132. The van der Waals surface area contributed by atoms with Crippen molar-refractivity contribution in [1.82, 2.24) is 0 Å². The lowest BCUT2D eigenvalue weighted by molar-refractivity contribution is 0.604. The van der Waals surface area contributed by atoms with Crippen molar-refractivity contribution in [2.75, 3.05) is 0 Å². The zero-order valence-corrected chi connectivity index (χ0v) is 11.9. The molecule has 1 aromatic heterocycles. The van der Waals surface area contributed by atoms with Gasteiger partial charge in [-0.2, -0.15) is 0 Å². The van der Waals surface area contributed by atoms with Gasteiger partial charge in [-0.05, 0) is 43.6 Å². The Morgan fingerprint density at radius 1 is 1.29 bits per heavy atom. The van der Waals surface area contributed by atoms with Crippen LogP contribution in [0.2, 0.25) is 5.02 Å². The Kier molecular flexibility index (Phi) is 4.66. The first kappa shape index (κ1) is 13.1. The number of nitrogens with two attached hydrogens (primary N) is 1. The summed E-state index contributed by atoms with van der Waals surface area (Å²) in [5, 5.41) is 2.96. The van der Waals surface area contributed by atoms with Gasteiger partial charge in [-0.25, -0.2) is 0 Å².